The Balaban J connectivity index is 0.000000378. The van der Waals surface area contributed by atoms with Crippen molar-refractivity contribution in [3.05, 3.63) is 0 Å². The number of thiocarbonyl (C=S) groups is 2. The molecule has 0 bridgehead atoms. The number of morpholine rings is 2. The predicted molar refractivity (Wildman–Crippen MR) is 110 cm³/mol. The van der Waals surface area contributed by atoms with Crippen molar-refractivity contribution >= 4 is 34.8 Å². The van der Waals surface area contributed by atoms with Crippen LogP contribution in [0.5, 0.6) is 0 Å². The summed E-state index contributed by atoms with van der Waals surface area (Å²) in [6.45, 7) is 12.7. The predicted octanol–water partition coefficient (Wildman–Crippen LogP) is 2.01. The first-order valence-electron chi connectivity index (χ1n) is 8.83. The molecule has 144 valence electrons. The van der Waals surface area contributed by atoms with Crippen LogP contribution in [0.4, 0.5) is 0 Å². The molecule has 0 N–H and O–H groups in total. The zero-order valence-electron chi connectivity index (χ0n) is 15.9. The van der Waals surface area contributed by atoms with Gasteiger partial charge >= 0.3 is 0 Å². The number of rotatable bonds is 5. The zero-order valence-corrected chi connectivity index (χ0v) is 17.5. The van der Waals surface area contributed by atoms with Crippen LogP contribution in [-0.2, 0) is 9.47 Å². The monoisotopic (exact) mass is 389 g/mol. The fraction of sp³-hybridized carbons (Fsp3) is 0.882. The first-order valence-corrected chi connectivity index (χ1v) is 9.64. The normalized spacial score (nSPS) is 19.0. The first-order chi connectivity index (χ1) is 12.1. The van der Waals surface area contributed by atoms with Crippen molar-refractivity contribution in [2.24, 2.45) is 9.98 Å². The highest BCUT2D eigenvalue weighted by molar-refractivity contribution is 7.78. The fourth-order valence-corrected chi connectivity index (χ4v) is 2.34. The molecule has 0 saturated carbocycles. The summed E-state index contributed by atoms with van der Waals surface area (Å²) in [5.41, 5.74) is 0. The van der Waals surface area contributed by atoms with Crippen molar-refractivity contribution in [2.75, 3.05) is 86.3 Å². The Hall–Kier alpha value is -0.560. The molecule has 0 aromatic rings. The van der Waals surface area contributed by atoms with Crippen LogP contribution in [0.15, 0.2) is 9.98 Å². The molecular weight excluding hydrogens is 356 g/mol. The van der Waals surface area contributed by atoms with Gasteiger partial charge in [0.25, 0.3) is 0 Å². The Morgan fingerprint density at radius 2 is 1.48 bits per heavy atom. The molecule has 6 nitrogen and oxygen atoms in total. The molecule has 0 spiro atoms. The lowest BCUT2D eigenvalue weighted by Gasteiger charge is -2.36. The van der Waals surface area contributed by atoms with Crippen LogP contribution < -0.4 is 0 Å². The molecule has 0 aromatic carbocycles. The summed E-state index contributed by atoms with van der Waals surface area (Å²) >= 11 is 8.81. The molecule has 2 fully saturated rings. The number of aliphatic imine (C=N–C) groups is 2. The summed E-state index contributed by atoms with van der Waals surface area (Å²) in [5, 5.41) is 4.67. The number of nitrogens with zero attached hydrogens (tertiary/aromatic N) is 4. The van der Waals surface area contributed by atoms with Crippen molar-refractivity contribution in [3.63, 3.8) is 0 Å². The van der Waals surface area contributed by atoms with Gasteiger partial charge in [0.05, 0.1) is 56.9 Å². The van der Waals surface area contributed by atoms with Gasteiger partial charge in [-0.15, -0.1) is 0 Å². The second-order valence-corrected chi connectivity index (χ2v) is 6.63. The minimum Gasteiger partial charge on any atom is -0.379 e. The lowest BCUT2D eigenvalue weighted by Crippen LogP contribution is -2.53. The molecule has 8 heteroatoms. The van der Waals surface area contributed by atoms with E-state index in [1.165, 1.54) is 0 Å². The van der Waals surface area contributed by atoms with Crippen molar-refractivity contribution in [2.45, 2.75) is 13.3 Å². The second-order valence-electron chi connectivity index (χ2n) is 6.26. The smallest absolute Gasteiger partial charge is 0.102 e. The Kier molecular flexibility index (Phi) is 16.5. The van der Waals surface area contributed by atoms with Gasteiger partial charge in [-0.1, -0.05) is 6.92 Å². The third-order valence-electron chi connectivity index (χ3n) is 4.00. The highest BCUT2D eigenvalue weighted by atomic mass is 32.1. The third-order valence-corrected chi connectivity index (χ3v) is 4.26. The van der Waals surface area contributed by atoms with E-state index in [0.717, 1.165) is 83.1 Å². The quantitative estimate of drug-likeness (QED) is 0.409. The molecule has 2 heterocycles. The van der Waals surface area contributed by atoms with Crippen molar-refractivity contribution < 1.29 is 14.0 Å². The number of quaternary nitrogens is 1. The molecule has 25 heavy (non-hydrogen) atoms. The van der Waals surface area contributed by atoms with Crippen molar-refractivity contribution in [3.8, 4) is 0 Å². The van der Waals surface area contributed by atoms with E-state index in [1.807, 2.05) is 0 Å². The van der Waals surface area contributed by atoms with E-state index in [2.05, 4.69) is 70.7 Å². The SMILES string of the molecule is CCCN=C=S.CN1CCOCC1.C[N+]1(CCN=C=S)CCOCC1. The van der Waals surface area contributed by atoms with E-state index in [-0.39, 0.29) is 0 Å². The largest absolute Gasteiger partial charge is 0.379 e. The number of likely N-dealkylation sites (N-methyl/N-ethyl adjacent to an activating group) is 2. The summed E-state index contributed by atoms with van der Waals surface area (Å²) in [4.78, 5) is 9.84. The average Bonchev–Trinajstić information content (AvgIpc) is 2.62. The van der Waals surface area contributed by atoms with Crippen LogP contribution in [0, 0.1) is 0 Å². The Bertz CT molecular complexity index is 413. The van der Waals surface area contributed by atoms with Gasteiger partial charge < -0.3 is 18.9 Å². The van der Waals surface area contributed by atoms with E-state index in [0.29, 0.717) is 0 Å². The molecule has 0 atom stereocenters. The Morgan fingerprint density at radius 1 is 0.960 bits per heavy atom. The van der Waals surface area contributed by atoms with Crippen LogP contribution in [0.2, 0.25) is 0 Å². The maximum Gasteiger partial charge on any atom is 0.102 e. The molecule has 2 rings (SSSR count). The number of ether oxygens (including phenoxy) is 2. The summed E-state index contributed by atoms with van der Waals surface area (Å²) in [6.07, 6.45) is 1.06. The molecule has 0 unspecified atom stereocenters. The summed E-state index contributed by atoms with van der Waals surface area (Å²) < 4.78 is 11.4. The minimum atomic E-state index is 0.792. The zero-order chi connectivity index (χ0) is 18.8. The van der Waals surface area contributed by atoms with E-state index < -0.39 is 0 Å². The van der Waals surface area contributed by atoms with Crippen LogP contribution >= 0.6 is 24.4 Å². The van der Waals surface area contributed by atoms with Crippen LogP contribution in [0.3, 0.4) is 0 Å². The van der Waals surface area contributed by atoms with Gasteiger partial charge in [0.2, 0.25) is 0 Å². The number of hydrogen-bond donors (Lipinski definition) is 0. The molecule has 0 amide bonds. The standard InChI is InChI=1S/C8H15N2OS.C5H11NO.C4H7NS/c1-10(3-2-9-8-12)4-6-11-7-5-10;1-6-2-4-7-5-3-6;1-2-3-5-4-6/h2-7H2,1H3;2-5H2,1H3;2-3H2,1H3/q+1;;. The van der Waals surface area contributed by atoms with Gasteiger partial charge in [0.1, 0.15) is 13.1 Å². The van der Waals surface area contributed by atoms with Crippen molar-refractivity contribution in [1.29, 1.82) is 0 Å². The van der Waals surface area contributed by atoms with E-state index in [1.54, 1.807) is 0 Å². The van der Waals surface area contributed by atoms with Crippen LogP contribution in [0.1, 0.15) is 13.3 Å². The van der Waals surface area contributed by atoms with Gasteiger partial charge in [0.15, 0.2) is 0 Å². The summed E-state index contributed by atoms with van der Waals surface area (Å²) in [7, 11) is 4.35. The Labute approximate surface area is 163 Å². The van der Waals surface area contributed by atoms with Gasteiger partial charge in [-0.25, -0.2) is 9.98 Å². The van der Waals surface area contributed by atoms with E-state index in [4.69, 9.17) is 9.47 Å². The highest BCUT2D eigenvalue weighted by Gasteiger charge is 2.24. The molecule has 2 saturated heterocycles. The van der Waals surface area contributed by atoms with Gasteiger partial charge in [0, 0.05) is 19.6 Å². The summed E-state index contributed by atoms with van der Waals surface area (Å²) in [5.74, 6) is 0. The first kappa shape index (κ1) is 24.4. The van der Waals surface area contributed by atoms with E-state index in [9.17, 15) is 0 Å². The van der Waals surface area contributed by atoms with Crippen molar-refractivity contribution in [1.82, 2.24) is 4.90 Å². The molecule has 0 aliphatic carbocycles. The average molecular weight is 390 g/mol. The van der Waals surface area contributed by atoms with E-state index >= 15 is 0 Å². The third kappa shape index (κ3) is 15.4. The second kappa shape index (κ2) is 16.9. The number of isothiocyanates is 2. The highest BCUT2D eigenvalue weighted by Crippen LogP contribution is 2.06. The topological polar surface area (TPSA) is 46.4 Å². The lowest BCUT2D eigenvalue weighted by molar-refractivity contribution is -0.915. The van der Waals surface area contributed by atoms with Crippen LogP contribution in [-0.4, -0.2) is 106 Å². The maximum absolute atomic E-state index is 5.29. The Morgan fingerprint density at radius 3 is 1.88 bits per heavy atom. The van der Waals surface area contributed by atoms with Gasteiger partial charge in [-0.05, 0) is 37.9 Å². The van der Waals surface area contributed by atoms with Gasteiger partial charge in [-0.3, -0.25) is 0 Å². The van der Waals surface area contributed by atoms with Crippen LogP contribution in [0.25, 0.3) is 0 Å². The molecule has 2 aliphatic heterocycles. The molecule has 0 aromatic heterocycles. The minimum absolute atomic E-state index is 0.792. The summed E-state index contributed by atoms with van der Waals surface area (Å²) in [6, 6.07) is 0. The van der Waals surface area contributed by atoms with Gasteiger partial charge in [-0.2, -0.15) is 0 Å². The molecule has 2 aliphatic rings. The molecule has 0 radical (unpaired) electrons. The lowest BCUT2D eigenvalue weighted by atomic mass is 10.3. The number of hydrogen-bond acceptors (Lipinski definition) is 7. The molecular formula is C17H33N4O2S2+. The maximum atomic E-state index is 5.29. The fourth-order valence-electron chi connectivity index (χ4n) is 2.16.